The van der Waals surface area contributed by atoms with Crippen LogP contribution in [0.2, 0.25) is 0 Å². The van der Waals surface area contributed by atoms with Crippen LogP contribution in [0.1, 0.15) is 46.0 Å². The summed E-state index contributed by atoms with van der Waals surface area (Å²) in [6, 6.07) is 0. The molecule has 2 aliphatic carbocycles. The lowest BCUT2D eigenvalue weighted by Gasteiger charge is -2.25. The Morgan fingerprint density at radius 3 is 2.12 bits per heavy atom. The first kappa shape index (κ1) is 11.4. The first-order valence-electron chi connectivity index (χ1n) is 5.93. The van der Waals surface area contributed by atoms with Gasteiger partial charge < -0.3 is 10.4 Å². The van der Waals surface area contributed by atoms with Crippen LogP contribution in [-0.4, -0.2) is 22.5 Å². The molecule has 2 rings (SSSR count). The lowest BCUT2D eigenvalue weighted by atomic mass is 9.97. The van der Waals surface area contributed by atoms with E-state index in [1.807, 2.05) is 13.8 Å². The fourth-order valence-electron chi connectivity index (χ4n) is 2.61. The predicted molar refractivity (Wildman–Crippen MR) is 58.9 cm³/mol. The maximum atomic E-state index is 11.9. The van der Waals surface area contributed by atoms with Gasteiger partial charge in [-0.25, -0.2) is 4.79 Å². The Kier molecular flexibility index (Phi) is 2.48. The van der Waals surface area contributed by atoms with Gasteiger partial charge in [-0.1, -0.05) is 26.7 Å². The lowest BCUT2D eigenvalue weighted by molar-refractivity contribution is -0.147. The number of carboxylic acid groups (broad SMARTS) is 1. The number of carbonyl (C=O) groups is 2. The third-order valence-electron chi connectivity index (χ3n) is 4.06. The molecule has 0 radical (unpaired) electrons. The van der Waals surface area contributed by atoms with E-state index in [0.717, 1.165) is 19.3 Å². The summed E-state index contributed by atoms with van der Waals surface area (Å²) in [7, 11) is 0. The topological polar surface area (TPSA) is 66.4 Å². The summed E-state index contributed by atoms with van der Waals surface area (Å²) in [5.74, 6) is -0.949. The van der Waals surface area contributed by atoms with Gasteiger partial charge in [0.15, 0.2) is 0 Å². The highest BCUT2D eigenvalue weighted by atomic mass is 16.4. The van der Waals surface area contributed by atoms with Gasteiger partial charge in [0.2, 0.25) is 5.91 Å². The van der Waals surface area contributed by atoms with Crippen LogP contribution >= 0.6 is 0 Å². The average Bonchev–Trinajstić information content (AvgIpc) is 2.63. The second-order valence-electron chi connectivity index (χ2n) is 5.83. The van der Waals surface area contributed by atoms with Gasteiger partial charge in [0, 0.05) is 5.92 Å². The predicted octanol–water partition coefficient (Wildman–Crippen LogP) is 1.55. The first-order valence-corrected chi connectivity index (χ1v) is 5.93. The monoisotopic (exact) mass is 225 g/mol. The molecule has 0 spiro atoms. The normalized spacial score (nSPS) is 29.8. The summed E-state index contributed by atoms with van der Waals surface area (Å²) in [5, 5.41) is 12.0. The number of nitrogens with one attached hydrogen (secondary N) is 1. The number of rotatable bonds is 3. The van der Waals surface area contributed by atoms with Crippen LogP contribution in [0, 0.1) is 11.3 Å². The molecule has 16 heavy (non-hydrogen) atoms. The van der Waals surface area contributed by atoms with Gasteiger partial charge in [0.05, 0.1) is 0 Å². The molecule has 0 bridgehead atoms. The summed E-state index contributed by atoms with van der Waals surface area (Å²) < 4.78 is 0. The SMILES string of the molecule is CC1(C)CC1C(=O)NC1(C(=O)O)CCCC1. The Hall–Kier alpha value is -1.06. The molecule has 2 aliphatic rings. The minimum atomic E-state index is -0.976. The molecule has 4 nitrogen and oxygen atoms in total. The second kappa shape index (κ2) is 3.47. The molecular weight excluding hydrogens is 206 g/mol. The third kappa shape index (κ3) is 1.81. The third-order valence-corrected chi connectivity index (χ3v) is 4.06. The van der Waals surface area contributed by atoms with Crippen LogP contribution in [0.3, 0.4) is 0 Å². The lowest BCUT2D eigenvalue weighted by Crippen LogP contribution is -2.53. The highest BCUT2D eigenvalue weighted by molar-refractivity contribution is 5.90. The van der Waals surface area contributed by atoms with Crippen LogP contribution in [-0.2, 0) is 9.59 Å². The van der Waals surface area contributed by atoms with E-state index in [2.05, 4.69) is 5.32 Å². The average molecular weight is 225 g/mol. The molecule has 4 heteroatoms. The maximum Gasteiger partial charge on any atom is 0.329 e. The van der Waals surface area contributed by atoms with Crippen molar-refractivity contribution < 1.29 is 14.7 Å². The van der Waals surface area contributed by atoms with Gasteiger partial charge in [-0.05, 0) is 24.7 Å². The molecular formula is C12H19NO3. The quantitative estimate of drug-likeness (QED) is 0.765. The van der Waals surface area contributed by atoms with Crippen molar-refractivity contribution >= 4 is 11.9 Å². The van der Waals surface area contributed by atoms with E-state index in [0.29, 0.717) is 12.8 Å². The van der Waals surface area contributed by atoms with Crippen LogP contribution in [0.4, 0.5) is 0 Å². The van der Waals surface area contributed by atoms with Crippen molar-refractivity contribution in [3.63, 3.8) is 0 Å². The maximum absolute atomic E-state index is 11.9. The first-order chi connectivity index (χ1) is 7.37. The number of carboxylic acids is 1. The van der Waals surface area contributed by atoms with Gasteiger partial charge in [-0.2, -0.15) is 0 Å². The highest BCUT2D eigenvalue weighted by Crippen LogP contribution is 2.52. The summed E-state index contributed by atoms with van der Waals surface area (Å²) in [6.45, 7) is 4.08. The Morgan fingerprint density at radius 1 is 1.25 bits per heavy atom. The Balaban J connectivity index is 2.02. The highest BCUT2D eigenvalue weighted by Gasteiger charge is 2.53. The van der Waals surface area contributed by atoms with Crippen LogP contribution in [0.25, 0.3) is 0 Å². The van der Waals surface area contributed by atoms with E-state index < -0.39 is 11.5 Å². The summed E-state index contributed by atoms with van der Waals surface area (Å²) in [6.07, 6.45) is 3.79. The zero-order chi connectivity index (χ0) is 12.0. The fourth-order valence-corrected chi connectivity index (χ4v) is 2.61. The molecule has 0 aliphatic heterocycles. The summed E-state index contributed by atoms with van der Waals surface area (Å²) in [5.41, 5.74) is -0.919. The van der Waals surface area contributed by atoms with Crippen molar-refractivity contribution in [3.8, 4) is 0 Å². The van der Waals surface area contributed by atoms with Gasteiger partial charge in [-0.3, -0.25) is 4.79 Å². The fraction of sp³-hybridized carbons (Fsp3) is 0.833. The largest absolute Gasteiger partial charge is 0.480 e. The van der Waals surface area contributed by atoms with Crippen molar-refractivity contribution in [3.05, 3.63) is 0 Å². The molecule has 2 saturated carbocycles. The van der Waals surface area contributed by atoms with E-state index in [4.69, 9.17) is 0 Å². The molecule has 2 N–H and O–H groups in total. The van der Waals surface area contributed by atoms with Crippen LogP contribution in [0.15, 0.2) is 0 Å². The molecule has 1 amide bonds. The van der Waals surface area contributed by atoms with Gasteiger partial charge in [-0.15, -0.1) is 0 Å². The number of carbonyl (C=O) groups excluding carboxylic acids is 1. The zero-order valence-electron chi connectivity index (χ0n) is 9.88. The smallest absolute Gasteiger partial charge is 0.329 e. The molecule has 90 valence electrons. The molecule has 0 aromatic rings. The van der Waals surface area contributed by atoms with Crippen molar-refractivity contribution in [2.24, 2.45) is 11.3 Å². The standard InChI is InChI=1S/C12H19NO3/c1-11(2)7-8(11)9(14)13-12(10(15)16)5-3-4-6-12/h8H,3-7H2,1-2H3,(H,13,14)(H,15,16). The van der Waals surface area contributed by atoms with E-state index in [1.54, 1.807) is 0 Å². The number of hydrogen-bond donors (Lipinski definition) is 2. The Morgan fingerprint density at radius 2 is 1.75 bits per heavy atom. The molecule has 1 atom stereocenters. The molecule has 0 aromatic carbocycles. The summed E-state index contributed by atoms with van der Waals surface area (Å²) >= 11 is 0. The second-order valence-corrected chi connectivity index (χ2v) is 5.83. The number of aliphatic carboxylic acids is 1. The van der Waals surface area contributed by atoms with Gasteiger partial charge >= 0.3 is 5.97 Å². The minimum Gasteiger partial charge on any atom is -0.480 e. The van der Waals surface area contributed by atoms with Gasteiger partial charge in [0.25, 0.3) is 0 Å². The molecule has 2 fully saturated rings. The van der Waals surface area contributed by atoms with Gasteiger partial charge in [0.1, 0.15) is 5.54 Å². The number of hydrogen-bond acceptors (Lipinski definition) is 2. The summed E-state index contributed by atoms with van der Waals surface area (Å²) in [4.78, 5) is 23.2. The van der Waals surface area contributed by atoms with E-state index in [1.165, 1.54) is 0 Å². The van der Waals surface area contributed by atoms with Crippen molar-refractivity contribution in [2.75, 3.05) is 0 Å². The van der Waals surface area contributed by atoms with E-state index in [-0.39, 0.29) is 17.2 Å². The van der Waals surface area contributed by atoms with E-state index in [9.17, 15) is 14.7 Å². The number of amides is 1. The molecule has 0 aromatic heterocycles. The Bertz CT molecular complexity index is 329. The van der Waals surface area contributed by atoms with Crippen LogP contribution < -0.4 is 5.32 Å². The van der Waals surface area contributed by atoms with Crippen LogP contribution in [0.5, 0.6) is 0 Å². The molecule has 0 saturated heterocycles. The van der Waals surface area contributed by atoms with Crippen molar-refractivity contribution in [1.29, 1.82) is 0 Å². The molecule has 1 unspecified atom stereocenters. The minimum absolute atomic E-state index is 0.00400. The zero-order valence-corrected chi connectivity index (χ0v) is 9.88. The van der Waals surface area contributed by atoms with Crippen molar-refractivity contribution in [2.45, 2.75) is 51.5 Å². The van der Waals surface area contributed by atoms with E-state index >= 15 is 0 Å². The molecule has 0 heterocycles. The Labute approximate surface area is 95.4 Å². The van der Waals surface area contributed by atoms with Crippen molar-refractivity contribution in [1.82, 2.24) is 5.32 Å².